The van der Waals surface area contributed by atoms with Crippen LogP contribution in [0.4, 0.5) is 0 Å². The predicted molar refractivity (Wildman–Crippen MR) is 284 cm³/mol. The number of hydrogen-bond acceptors (Lipinski definition) is 7. The Kier molecular flexibility index (Phi) is 59.4. The largest absolute Gasteiger partial charge is 0.462 e. The van der Waals surface area contributed by atoms with Crippen molar-refractivity contribution in [3.8, 4) is 0 Å². The first-order valence-electron chi connectivity index (χ1n) is 29.2. The van der Waals surface area contributed by atoms with Gasteiger partial charge in [0.25, 0.3) is 0 Å². The highest BCUT2D eigenvalue weighted by Crippen LogP contribution is 2.18. The number of unbranched alkanes of at least 4 members (excludes halogenated alkanes) is 42. The van der Waals surface area contributed by atoms with Crippen LogP contribution in [0.15, 0.2) is 0 Å². The highest BCUT2D eigenvalue weighted by atomic mass is 31.1. The van der Waals surface area contributed by atoms with Gasteiger partial charge in [0, 0.05) is 19.3 Å². The third-order valence-corrected chi connectivity index (χ3v) is 13.1. The molecule has 0 rings (SSSR count). The summed E-state index contributed by atoms with van der Waals surface area (Å²) in [7, 11) is -3.13. The summed E-state index contributed by atoms with van der Waals surface area (Å²) in [6, 6.07) is 0. The molecule has 0 saturated heterocycles. The van der Waals surface area contributed by atoms with E-state index in [1.165, 1.54) is 231 Å². The number of carbonyl (C=O) groups is 3. The summed E-state index contributed by atoms with van der Waals surface area (Å²) in [5, 5.41) is 0. The molecule has 0 spiro atoms. The summed E-state index contributed by atoms with van der Waals surface area (Å²) in [4.78, 5) is 52.4. The Balaban J connectivity index is 0. The number of hydrogen-bond donors (Lipinski definition) is 2. The van der Waals surface area contributed by atoms with Gasteiger partial charge in [-0.15, -0.1) is 0 Å². The lowest BCUT2D eigenvalue weighted by Crippen LogP contribution is -2.30. The maximum absolute atomic E-state index is 12.8. The zero-order valence-electron chi connectivity index (χ0n) is 44.7. The van der Waals surface area contributed by atoms with Crippen LogP contribution >= 0.6 is 8.25 Å². The molecule has 400 valence electrons. The van der Waals surface area contributed by atoms with Crippen molar-refractivity contribution in [2.45, 2.75) is 335 Å². The summed E-state index contributed by atoms with van der Waals surface area (Å²) < 4.78 is 25.6. The van der Waals surface area contributed by atoms with Crippen LogP contribution in [0.25, 0.3) is 0 Å². The van der Waals surface area contributed by atoms with Crippen molar-refractivity contribution >= 4 is 26.2 Å². The fourth-order valence-electron chi connectivity index (χ4n) is 8.80. The molecule has 0 aliphatic rings. The molecule has 0 unspecified atom stereocenters. The third kappa shape index (κ3) is 62.5. The van der Waals surface area contributed by atoms with E-state index in [0.717, 1.165) is 57.8 Å². The van der Waals surface area contributed by atoms with Gasteiger partial charge in [0.05, 0.1) is 0 Å². The lowest BCUT2D eigenvalue weighted by molar-refractivity contribution is -0.167. The minimum atomic E-state index is -3.13. The number of rotatable bonds is 53. The molecule has 0 aliphatic heterocycles. The molecule has 0 aliphatic carbocycles. The normalized spacial score (nSPS) is 11.3. The minimum absolute atomic E-state index is 0.0611. The number of ether oxygens (including phenoxy) is 3. The lowest BCUT2D eigenvalue weighted by atomic mass is 10.0. The van der Waals surface area contributed by atoms with Crippen molar-refractivity contribution in [3.63, 3.8) is 0 Å². The van der Waals surface area contributed by atoms with Gasteiger partial charge >= 0.3 is 26.2 Å². The molecule has 9 nitrogen and oxygen atoms in total. The second-order valence-corrected chi connectivity index (χ2v) is 20.4. The molecule has 2 N–H and O–H groups in total. The van der Waals surface area contributed by atoms with Gasteiger partial charge in [0.15, 0.2) is 6.10 Å². The van der Waals surface area contributed by atoms with Crippen molar-refractivity contribution in [3.05, 3.63) is 0 Å². The Morgan fingerprint density at radius 3 is 0.672 bits per heavy atom. The van der Waals surface area contributed by atoms with Gasteiger partial charge in [0.2, 0.25) is 0 Å². The van der Waals surface area contributed by atoms with Gasteiger partial charge < -0.3 is 24.0 Å². The van der Waals surface area contributed by atoms with Crippen LogP contribution in [0.1, 0.15) is 329 Å². The van der Waals surface area contributed by atoms with Gasteiger partial charge in [-0.2, -0.15) is 0 Å². The molecule has 0 saturated carbocycles. The highest BCUT2D eigenvalue weighted by molar-refractivity contribution is 7.30. The molecule has 0 aromatic rings. The average Bonchev–Trinajstić information content (AvgIpc) is 3.30. The summed E-state index contributed by atoms with van der Waals surface area (Å²) >= 11 is 0. The van der Waals surface area contributed by atoms with E-state index in [0.29, 0.717) is 19.3 Å². The lowest BCUT2D eigenvalue weighted by Gasteiger charge is -2.18. The van der Waals surface area contributed by atoms with Crippen LogP contribution in [0.5, 0.6) is 0 Å². The molecule has 0 amide bonds. The van der Waals surface area contributed by atoms with Crippen LogP contribution < -0.4 is 0 Å². The van der Waals surface area contributed by atoms with Crippen molar-refractivity contribution in [1.29, 1.82) is 0 Å². The number of esters is 3. The fraction of sp³-hybridized carbons (Fsp3) is 0.947. The van der Waals surface area contributed by atoms with Crippen molar-refractivity contribution in [2.24, 2.45) is 0 Å². The number of carbonyl (C=O) groups excluding carboxylic acids is 3. The Hall–Kier alpha value is -1.44. The summed E-state index contributed by atoms with van der Waals surface area (Å²) in [6.07, 6.45) is 58.0. The predicted octanol–water partition coefficient (Wildman–Crippen LogP) is 18.1. The molecule has 10 heteroatoms. The van der Waals surface area contributed by atoms with Crippen LogP contribution in [0.2, 0.25) is 0 Å². The smallest absolute Gasteiger partial charge is 0.314 e. The first-order chi connectivity index (χ1) is 32.8. The molecule has 0 aromatic carbocycles. The Morgan fingerprint density at radius 2 is 0.478 bits per heavy atom. The van der Waals surface area contributed by atoms with Crippen molar-refractivity contribution in [2.75, 3.05) is 13.2 Å². The van der Waals surface area contributed by atoms with Gasteiger partial charge in [-0.1, -0.05) is 290 Å². The molecular weight excluding hydrogens is 860 g/mol. The summed E-state index contributed by atoms with van der Waals surface area (Å²) in [5.41, 5.74) is 0. The SMILES string of the molecule is CCCCCCCCCCCCCCCCCC(=O)OCC(COC(=O)CCCCCCCCCCCCCCCCC)OC(=O)CCCCCCCCCCCCCCCCC.O=[PH](O)O. The monoisotopic (exact) mass is 973 g/mol. The van der Waals surface area contributed by atoms with E-state index in [1.54, 1.807) is 0 Å². The van der Waals surface area contributed by atoms with Crippen LogP contribution in [0.3, 0.4) is 0 Å². The second-order valence-electron chi connectivity index (χ2n) is 19.9. The molecule has 67 heavy (non-hydrogen) atoms. The second kappa shape index (κ2) is 58.9. The summed E-state index contributed by atoms with van der Waals surface area (Å²) in [6.45, 7) is 6.71. The Labute approximate surface area is 415 Å². The maximum Gasteiger partial charge on any atom is 0.314 e. The minimum Gasteiger partial charge on any atom is -0.462 e. The Bertz CT molecular complexity index is 987. The zero-order chi connectivity index (χ0) is 49.4. The molecule has 0 atom stereocenters. The zero-order valence-corrected chi connectivity index (χ0v) is 45.7. The molecule has 0 heterocycles. The van der Waals surface area contributed by atoms with E-state index in [-0.39, 0.29) is 31.1 Å². The third-order valence-electron chi connectivity index (χ3n) is 13.1. The van der Waals surface area contributed by atoms with E-state index < -0.39 is 14.4 Å². The van der Waals surface area contributed by atoms with Gasteiger partial charge in [-0.3, -0.25) is 18.9 Å². The molecule has 0 bridgehead atoms. The van der Waals surface area contributed by atoms with E-state index >= 15 is 0 Å². The average molecular weight is 973 g/mol. The van der Waals surface area contributed by atoms with E-state index in [1.807, 2.05) is 0 Å². The van der Waals surface area contributed by atoms with E-state index in [4.69, 9.17) is 28.6 Å². The topological polar surface area (TPSA) is 136 Å². The molecule has 0 radical (unpaired) electrons. The van der Waals surface area contributed by atoms with Crippen LogP contribution in [-0.4, -0.2) is 47.0 Å². The van der Waals surface area contributed by atoms with E-state index in [9.17, 15) is 14.4 Å². The molecule has 0 fully saturated rings. The summed E-state index contributed by atoms with van der Waals surface area (Å²) in [5.74, 6) is -0.832. The first kappa shape index (κ1) is 67.6. The fourth-order valence-corrected chi connectivity index (χ4v) is 8.80. The van der Waals surface area contributed by atoms with Gasteiger partial charge in [0.1, 0.15) is 13.2 Å². The van der Waals surface area contributed by atoms with Gasteiger partial charge in [-0.05, 0) is 19.3 Å². The standard InChI is InChI=1S/C57H110O6.H3O3P/c1-4-7-10-13-16-19-22-25-28-31-34-37-40-43-46-49-55(58)61-52-54(63-57(60)51-48-45-42-39-36-33-30-27-24-21-18-15-12-9-6-3)53-62-56(59)50-47-44-41-38-35-32-29-26-23-20-17-14-11-8-5-2;1-4(2)3/h54H,4-53H2,1-3H3;4H,(H2,1,2,3). The Morgan fingerprint density at radius 1 is 0.313 bits per heavy atom. The van der Waals surface area contributed by atoms with Crippen molar-refractivity contribution < 1.29 is 42.9 Å². The van der Waals surface area contributed by atoms with Gasteiger partial charge in [-0.25, -0.2) is 0 Å². The molecule has 0 aromatic heterocycles. The maximum atomic E-state index is 12.8. The molecular formula is C57H113O9P. The van der Waals surface area contributed by atoms with E-state index in [2.05, 4.69) is 20.8 Å². The van der Waals surface area contributed by atoms with Crippen molar-refractivity contribution in [1.82, 2.24) is 0 Å². The van der Waals surface area contributed by atoms with Crippen LogP contribution in [-0.2, 0) is 33.2 Å². The highest BCUT2D eigenvalue weighted by Gasteiger charge is 2.19. The van der Waals surface area contributed by atoms with Crippen LogP contribution in [0, 0.1) is 0 Å². The quantitative estimate of drug-likeness (QED) is 0.0264. The first-order valence-corrected chi connectivity index (χ1v) is 30.5.